The normalized spacial score (nSPS) is 12.4. The Balaban J connectivity index is 2.30. The monoisotopic (exact) mass is 233 g/mol. The Hall–Kier alpha value is -1.88. The molecule has 0 bridgehead atoms. The van der Waals surface area contributed by atoms with E-state index < -0.39 is 0 Å². The third-order valence-electron chi connectivity index (χ3n) is 2.53. The van der Waals surface area contributed by atoms with Gasteiger partial charge >= 0.3 is 0 Å². The second-order valence-corrected chi connectivity index (χ2v) is 3.70. The molecule has 0 unspecified atom stereocenters. The molecule has 5 nitrogen and oxygen atoms in total. The number of nitrogens with zero attached hydrogens (tertiary/aromatic N) is 2. The van der Waals surface area contributed by atoms with Crippen LogP contribution in [0.1, 0.15) is 25.3 Å². The Labute approximate surface area is 99.6 Å². The van der Waals surface area contributed by atoms with E-state index in [1.54, 1.807) is 7.11 Å². The third kappa shape index (κ3) is 2.45. The molecule has 0 spiro atoms. The summed E-state index contributed by atoms with van der Waals surface area (Å²) in [5.41, 5.74) is 6.67. The molecule has 0 saturated carbocycles. The smallest absolute Gasteiger partial charge is 0.243 e. The predicted octanol–water partition coefficient (Wildman–Crippen LogP) is 2.16. The molecule has 1 heterocycles. The van der Waals surface area contributed by atoms with Crippen LogP contribution in [0.25, 0.3) is 11.4 Å². The molecular weight excluding hydrogens is 218 g/mol. The zero-order valence-corrected chi connectivity index (χ0v) is 9.88. The van der Waals surface area contributed by atoms with Crippen LogP contribution in [0.5, 0.6) is 5.75 Å². The molecule has 0 saturated heterocycles. The Morgan fingerprint density at radius 3 is 3.00 bits per heavy atom. The van der Waals surface area contributed by atoms with Crippen molar-refractivity contribution in [3.63, 3.8) is 0 Å². The number of aromatic nitrogens is 2. The van der Waals surface area contributed by atoms with E-state index in [0.29, 0.717) is 11.7 Å². The van der Waals surface area contributed by atoms with Crippen molar-refractivity contribution in [2.75, 3.05) is 7.11 Å². The minimum Gasteiger partial charge on any atom is -0.497 e. The number of hydrogen-bond acceptors (Lipinski definition) is 5. The lowest BCUT2D eigenvalue weighted by molar-refractivity contribution is 0.352. The van der Waals surface area contributed by atoms with Crippen molar-refractivity contribution in [1.82, 2.24) is 10.1 Å². The summed E-state index contributed by atoms with van der Waals surface area (Å²) in [5, 5.41) is 3.91. The van der Waals surface area contributed by atoms with Gasteiger partial charge in [0.2, 0.25) is 11.7 Å². The van der Waals surface area contributed by atoms with E-state index >= 15 is 0 Å². The molecule has 5 heteroatoms. The van der Waals surface area contributed by atoms with Gasteiger partial charge in [0.05, 0.1) is 13.2 Å². The molecule has 0 amide bonds. The standard InChI is InChI=1S/C12H15N3O2/c1-3-10(13)12-14-11(15-17-12)8-5-4-6-9(7-8)16-2/h4-7,10H,3,13H2,1-2H3/t10-/m0/s1. The zero-order valence-electron chi connectivity index (χ0n) is 9.88. The Kier molecular flexibility index (Phi) is 3.39. The van der Waals surface area contributed by atoms with Crippen molar-refractivity contribution in [3.05, 3.63) is 30.2 Å². The minimum absolute atomic E-state index is 0.207. The van der Waals surface area contributed by atoms with Crippen LogP contribution in [0.15, 0.2) is 28.8 Å². The quantitative estimate of drug-likeness (QED) is 0.875. The topological polar surface area (TPSA) is 74.2 Å². The Bertz CT molecular complexity index is 496. The van der Waals surface area contributed by atoms with Crippen molar-refractivity contribution in [3.8, 4) is 17.1 Å². The van der Waals surface area contributed by atoms with Crippen molar-refractivity contribution >= 4 is 0 Å². The summed E-state index contributed by atoms with van der Waals surface area (Å²) in [6.07, 6.45) is 0.764. The van der Waals surface area contributed by atoms with Gasteiger partial charge in [-0.2, -0.15) is 4.98 Å². The maximum Gasteiger partial charge on any atom is 0.243 e. The molecule has 1 atom stereocenters. The number of nitrogens with two attached hydrogens (primary N) is 1. The molecule has 17 heavy (non-hydrogen) atoms. The van der Waals surface area contributed by atoms with E-state index in [4.69, 9.17) is 15.0 Å². The first-order valence-electron chi connectivity index (χ1n) is 5.48. The van der Waals surface area contributed by atoms with E-state index in [-0.39, 0.29) is 6.04 Å². The van der Waals surface area contributed by atoms with Crippen molar-refractivity contribution in [2.24, 2.45) is 5.73 Å². The number of benzene rings is 1. The van der Waals surface area contributed by atoms with Gasteiger partial charge in [-0.3, -0.25) is 0 Å². The third-order valence-corrected chi connectivity index (χ3v) is 2.53. The van der Waals surface area contributed by atoms with E-state index in [1.165, 1.54) is 0 Å². The fourth-order valence-corrected chi connectivity index (χ4v) is 1.44. The SMILES string of the molecule is CC[C@H](N)c1nc(-c2cccc(OC)c2)no1. The molecule has 0 aliphatic carbocycles. The first kappa shape index (κ1) is 11.6. The van der Waals surface area contributed by atoms with Gasteiger partial charge in [-0.05, 0) is 18.6 Å². The predicted molar refractivity (Wildman–Crippen MR) is 63.5 cm³/mol. The lowest BCUT2D eigenvalue weighted by Crippen LogP contribution is -2.08. The fraction of sp³-hybridized carbons (Fsp3) is 0.333. The van der Waals surface area contributed by atoms with Crippen molar-refractivity contribution in [2.45, 2.75) is 19.4 Å². The molecule has 0 aliphatic heterocycles. The number of methoxy groups -OCH3 is 1. The summed E-state index contributed by atoms with van der Waals surface area (Å²) in [6.45, 7) is 1.97. The van der Waals surface area contributed by atoms with Gasteiger partial charge in [0.1, 0.15) is 5.75 Å². The molecule has 90 valence electrons. The molecule has 2 N–H and O–H groups in total. The van der Waals surface area contributed by atoms with Gasteiger partial charge < -0.3 is 15.0 Å². The molecule has 2 aromatic rings. The Morgan fingerprint density at radius 1 is 1.47 bits per heavy atom. The second kappa shape index (κ2) is 4.97. The first-order valence-corrected chi connectivity index (χ1v) is 5.48. The van der Waals surface area contributed by atoms with E-state index in [9.17, 15) is 0 Å². The fourth-order valence-electron chi connectivity index (χ4n) is 1.44. The number of hydrogen-bond donors (Lipinski definition) is 1. The van der Waals surface area contributed by atoms with Crippen LogP contribution >= 0.6 is 0 Å². The Morgan fingerprint density at radius 2 is 2.29 bits per heavy atom. The molecule has 1 aromatic heterocycles. The first-order chi connectivity index (χ1) is 8.24. The van der Waals surface area contributed by atoms with Gasteiger partial charge in [-0.1, -0.05) is 24.2 Å². The highest BCUT2D eigenvalue weighted by Crippen LogP contribution is 2.22. The van der Waals surface area contributed by atoms with Crippen LogP contribution in [-0.4, -0.2) is 17.3 Å². The summed E-state index contributed by atoms with van der Waals surface area (Å²) >= 11 is 0. The average Bonchev–Trinajstić information content (AvgIpc) is 2.87. The van der Waals surface area contributed by atoms with Gasteiger partial charge in [0, 0.05) is 5.56 Å². The van der Waals surface area contributed by atoms with Crippen LogP contribution in [0.2, 0.25) is 0 Å². The van der Waals surface area contributed by atoms with Gasteiger partial charge in [0.25, 0.3) is 0 Å². The van der Waals surface area contributed by atoms with Crippen molar-refractivity contribution in [1.29, 1.82) is 0 Å². The minimum atomic E-state index is -0.207. The highest BCUT2D eigenvalue weighted by molar-refractivity contribution is 5.56. The summed E-state index contributed by atoms with van der Waals surface area (Å²) in [6, 6.07) is 7.29. The summed E-state index contributed by atoms with van der Waals surface area (Å²) in [4.78, 5) is 4.27. The molecule has 0 fully saturated rings. The number of rotatable bonds is 4. The molecule has 0 aliphatic rings. The number of ether oxygens (including phenoxy) is 1. The average molecular weight is 233 g/mol. The second-order valence-electron chi connectivity index (χ2n) is 3.70. The van der Waals surface area contributed by atoms with Gasteiger partial charge in [-0.25, -0.2) is 0 Å². The van der Waals surface area contributed by atoms with Crippen LogP contribution in [0.3, 0.4) is 0 Å². The highest BCUT2D eigenvalue weighted by Gasteiger charge is 2.14. The van der Waals surface area contributed by atoms with Crippen LogP contribution < -0.4 is 10.5 Å². The van der Waals surface area contributed by atoms with Crippen molar-refractivity contribution < 1.29 is 9.26 Å². The van der Waals surface area contributed by atoms with E-state index in [1.807, 2.05) is 31.2 Å². The highest BCUT2D eigenvalue weighted by atomic mass is 16.5. The molecule has 2 rings (SSSR count). The maximum atomic E-state index is 5.82. The molecule has 0 radical (unpaired) electrons. The summed E-state index contributed by atoms with van der Waals surface area (Å²) < 4.78 is 10.3. The van der Waals surface area contributed by atoms with Crippen LogP contribution in [0.4, 0.5) is 0 Å². The largest absolute Gasteiger partial charge is 0.497 e. The summed E-state index contributed by atoms with van der Waals surface area (Å²) in [7, 11) is 1.62. The van der Waals surface area contributed by atoms with Crippen LogP contribution in [-0.2, 0) is 0 Å². The lowest BCUT2D eigenvalue weighted by Gasteiger charge is -2.00. The van der Waals surface area contributed by atoms with Crippen LogP contribution in [0, 0.1) is 0 Å². The van der Waals surface area contributed by atoms with E-state index in [2.05, 4.69) is 10.1 Å². The van der Waals surface area contributed by atoms with E-state index in [0.717, 1.165) is 17.7 Å². The lowest BCUT2D eigenvalue weighted by atomic mass is 10.2. The zero-order chi connectivity index (χ0) is 12.3. The van der Waals surface area contributed by atoms with Gasteiger partial charge in [-0.15, -0.1) is 0 Å². The van der Waals surface area contributed by atoms with Gasteiger partial charge in [0.15, 0.2) is 0 Å². The maximum absolute atomic E-state index is 5.82. The molecule has 1 aromatic carbocycles. The summed E-state index contributed by atoms with van der Waals surface area (Å²) in [5.74, 6) is 1.75. The molecular formula is C12H15N3O2.